The number of hydrogen-bond donors (Lipinski definition) is 0. The number of benzene rings is 1. The number of amides is 1. The number of fused-ring (bicyclic) bond motifs is 1. The molecule has 6 nitrogen and oxygen atoms in total. The summed E-state index contributed by atoms with van der Waals surface area (Å²) in [5.74, 6) is 1.60. The van der Waals surface area contributed by atoms with E-state index in [9.17, 15) is 4.79 Å². The van der Waals surface area contributed by atoms with Crippen molar-refractivity contribution in [2.45, 2.75) is 31.7 Å². The van der Waals surface area contributed by atoms with E-state index in [0.717, 1.165) is 50.3 Å². The summed E-state index contributed by atoms with van der Waals surface area (Å²) < 4.78 is 5.42. The van der Waals surface area contributed by atoms with Crippen molar-refractivity contribution in [3.8, 4) is 10.7 Å². The van der Waals surface area contributed by atoms with Crippen molar-refractivity contribution in [1.29, 1.82) is 0 Å². The Morgan fingerprint density at radius 1 is 1.14 bits per heavy atom. The van der Waals surface area contributed by atoms with Crippen LogP contribution in [-0.2, 0) is 17.8 Å². The van der Waals surface area contributed by atoms with Crippen LogP contribution in [0.4, 0.5) is 0 Å². The monoisotopic (exact) mass is 408 g/mol. The maximum absolute atomic E-state index is 13.2. The first-order valence-electron chi connectivity index (χ1n) is 10.2. The quantitative estimate of drug-likeness (QED) is 0.661. The molecule has 1 aliphatic carbocycles. The molecule has 29 heavy (non-hydrogen) atoms. The van der Waals surface area contributed by atoms with Gasteiger partial charge in [0.05, 0.1) is 17.3 Å². The van der Waals surface area contributed by atoms with Gasteiger partial charge in [0.25, 0.3) is 0 Å². The molecule has 3 aromatic rings. The van der Waals surface area contributed by atoms with Gasteiger partial charge in [-0.05, 0) is 41.8 Å². The molecule has 1 aliphatic heterocycles. The number of carbonyl (C=O) groups excluding carboxylic acids is 1. The van der Waals surface area contributed by atoms with Crippen LogP contribution < -0.4 is 0 Å². The van der Waals surface area contributed by atoms with Gasteiger partial charge in [-0.2, -0.15) is 4.98 Å². The first-order chi connectivity index (χ1) is 14.3. The summed E-state index contributed by atoms with van der Waals surface area (Å²) >= 11 is 1.60. The lowest BCUT2D eigenvalue weighted by atomic mass is 9.82. The van der Waals surface area contributed by atoms with Gasteiger partial charge in [-0.3, -0.25) is 9.69 Å². The van der Waals surface area contributed by atoms with Crippen LogP contribution in [0.2, 0.25) is 0 Å². The normalized spacial score (nSPS) is 19.9. The lowest BCUT2D eigenvalue weighted by Crippen LogP contribution is -2.49. The van der Waals surface area contributed by atoms with Crippen LogP contribution in [0, 0.1) is 0 Å². The van der Waals surface area contributed by atoms with E-state index in [4.69, 9.17) is 4.52 Å². The second kappa shape index (κ2) is 8.08. The van der Waals surface area contributed by atoms with E-state index in [1.807, 2.05) is 22.4 Å². The average Bonchev–Trinajstić information content (AvgIpc) is 3.45. The molecule has 1 aromatic carbocycles. The number of hydrogen-bond acceptors (Lipinski definition) is 6. The van der Waals surface area contributed by atoms with Crippen LogP contribution in [0.25, 0.3) is 10.7 Å². The molecule has 0 saturated carbocycles. The Balaban J connectivity index is 1.19. The number of thiophene rings is 1. The van der Waals surface area contributed by atoms with E-state index >= 15 is 0 Å². The van der Waals surface area contributed by atoms with Crippen LogP contribution in [0.15, 0.2) is 46.3 Å². The zero-order valence-electron chi connectivity index (χ0n) is 16.3. The van der Waals surface area contributed by atoms with E-state index in [0.29, 0.717) is 18.3 Å². The van der Waals surface area contributed by atoms with Gasteiger partial charge < -0.3 is 9.42 Å². The van der Waals surface area contributed by atoms with Gasteiger partial charge in [0.1, 0.15) is 0 Å². The molecule has 0 N–H and O–H groups in total. The van der Waals surface area contributed by atoms with Crippen molar-refractivity contribution in [1.82, 2.24) is 19.9 Å². The van der Waals surface area contributed by atoms with Gasteiger partial charge in [0.2, 0.25) is 17.6 Å². The highest BCUT2D eigenvalue weighted by atomic mass is 32.1. The SMILES string of the molecule is O=C(C1CCCc2ccccc21)N1CCN(Cc2nc(-c3cccs3)no2)CC1. The minimum absolute atomic E-state index is 0.0239. The second-order valence-electron chi connectivity index (χ2n) is 7.73. The maximum atomic E-state index is 13.2. The second-order valence-corrected chi connectivity index (χ2v) is 8.68. The molecular weight excluding hydrogens is 384 g/mol. The number of aryl methyl sites for hydroxylation is 1. The van der Waals surface area contributed by atoms with Gasteiger partial charge in [-0.25, -0.2) is 0 Å². The van der Waals surface area contributed by atoms with Crippen molar-refractivity contribution in [2.75, 3.05) is 26.2 Å². The third kappa shape index (κ3) is 3.84. The summed E-state index contributed by atoms with van der Waals surface area (Å²) in [6, 6.07) is 12.4. The zero-order chi connectivity index (χ0) is 19.6. The molecule has 0 radical (unpaired) electrons. The molecule has 2 aliphatic rings. The van der Waals surface area contributed by atoms with Crippen LogP contribution in [-0.4, -0.2) is 52.0 Å². The predicted molar refractivity (Wildman–Crippen MR) is 112 cm³/mol. The molecular formula is C22H24N4O2S. The van der Waals surface area contributed by atoms with Gasteiger partial charge in [0, 0.05) is 26.2 Å². The van der Waals surface area contributed by atoms with Crippen molar-refractivity contribution < 1.29 is 9.32 Å². The molecule has 1 saturated heterocycles. The largest absolute Gasteiger partial charge is 0.340 e. The van der Waals surface area contributed by atoms with Gasteiger partial charge in [-0.1, -0.05) is 35.5 Å². The Labute approximate surface area is 174 Å². The summed E-state index contributed by atoms with van der Waals surface area (Å²) in [6.07, 6.45) is 3.14. The fraction of sp³-hybridized carbons (Fsp3) is 0.409. The topological polar surface area (TPSA) is 62.5 Å². The highest BCUT2D eigenvalue weighted by Gasteiger charge is 2.31. The molecule has 0 spiro atoms. The lowest BCUT2D eigenvalue weighted by Gasteiger charge is -2.37. The van der Waals surface area contributed by atoms with E-state index in [1.54, 1.807) is 11.3 Å². The van der Waals surface area contributed by atoms with Gasteiger partial charge >= 0.3 is 0 Å². The highest BCUT2D eigenvalue weighted by molar-refractivity contribution is 7.13. The minimum atomic E-state index is 0.0239. The van der Waals surface area contributed by atoms with E-state index in [2.05, 4.69) is 39.3 Å². The van der Waals surface area contributed by atoms with Crippen LogP contribution in [0.5, 0.6) is 0 Å². The fourth-order valence-electron chi connectivity index (χ4n) is 4.37. The molecule has 5 rings (SSSR count). The van der Waals surface area contributed by atoms with Gasteiger partial charge in [0.15, 0.2) is 0 Å². The standard InChI is InChI=1S/C22H24N4O2S/c27-22(18-8-3-6-16-5-1-2-7-17(16)18)26-12-10-25(11-13-26)15-20-23-21(24-28-20)19-9-4-14-29-19/h1-2,4-5,7,9,14,18H,3,6,8,10-13,15H2. The fourth-order valence-corrected chi connectivity index (χ4v) is 5.02. The predicted octanol–water partition coefficient (Wildman–Crippen LogP) is 3.56. The third-order valence-electron chi connectivity index (χ3n) is 5.92. The minimum Gasteiger partial charge on any atom is -0.340 e. The summed E-state index contributed by atoms with van der Waals surface area (Å²) in [7, 11) is 0. The number of rotatable bonds is 4. The molecule has 150 valence electrons. The van der Waals surface area contributed by atoms with Crippen LogP contribution in [0.3, 0.4) is 0 Å². The van der Waals surface area contributed by atoms with Crippen molar-refractivity contribution in [3.05, 3.63) is 58.8 Å². The molecule has 1 amide bonds. The van der Waals surface area contributed by atoms with E-state index in [1.165, 1.54) is 11.1 Å². The Bertz CT molecular complexity index is 976. The first kappa shape index (κ1) is 18.5. The Kier molecular flexibility index (Phi) is 5.16. The summed E-state index contributed by atoms with van der Waals surface area (Å²) in [5.41, 5.74) is 2.58. The molecule has 7 heteroatoms. The maximum Gasteiger partial charge on any atom is 0.241 e. The highest BCUT2D eigenvalue weighted by Crippen LogP contribution is 2.33. The summed E-state index contributed by atoms with van der Waals surface area (Å²) in [6.45, 7) is 3.80. The van der Waals surface area contributed by atoms with Crippen molar-refractivity contribution >= 4 is 17.2 Å². The Hall–Kier alpha value is -2.51. The molecule has 3 heterocycles. The summed E-state index contributed by atoms with van der Waals surface area (Å²) in [5, 5.41) is 6.09. The number of aromatic nitrogens is 2. The summed E-state index contributed by atoms with van der Waals surface area (Å²) in [4.78, 5) is 23.0. The molecule has 2 aromatic heterocycles. The van der Waals surface area contributed by atoms with E-state index < -0.39 is 0 Å². The smallest absolute Gasteiger partial charge is 0.241 e. The molecule has 1 fully saturated rings. The Morgan fingerprint density at radius 3 is 2.83 bits per heavy atom. The van der Waals surface area contributed by atoms with Crippen molar-refractivity contribution in [2.24, 2.45) is 0 Å². The third-order valence-corrected chi connectivity index (χ3v) is 6.79. The Morgan fingerprint density at radius 2 is 2.00 bits per heavy atom. The zero-order valence-corrected chi connectivity index (χ0v) is 17.1. The lowest BCUT2D eigenvalue weighted by molar-refractivity contribution is -0.135. The number of carbonyl (C=O) groups is 1. The number of piperazine rings is 1. The van der Waals surface area contributed by atoms with E-state index in [-0.39, 0.29) is 11.8 Å². The van der Waals surface area contributed by atoms with Gasteiger partial charge in [-0.15, -0.1) is 11.3 Å². The average molecular weight is 409 g/mol. The van der Waals surface area contributed by atoms with Crippen LogP contribution >= 0.6 is 11.3 Å². The van der Waals surface area contributed by atoms with Crippen molar-refractivity contribution in [3.63, 3.8) is 0 Å². The molecule has 1 unspecified atom stereocenters. The van der Waals surface area contributed by atoms with Crippen LogP contribution in [0.1, 0.15) is 35.8 Å². The first-order valence-corrected chi connectivity index (χ1v) is 11.1. The molecule has 0 bridgehead atoms. The number of nitrogens with zero attached hydrogens (tertiary/aromatic N) is 4. The molecule has 1 atom stereocenters.